The van der Waals surface area contributed by atoms with E-state index in [1.165, 1.54) is 0 Å². The molecule has 25 heavy (non-hydrogen) atoms. The number of carbonyl (C=O) groups excluding carboxylic acids is 2. The van der Waals surface area contributed by atoms with Crippen LogP contribution in [0.25, 0.3) is 0 Å². The highest BCUT2D eigenvalue weighted by molar-refractivity contribution is 5.98. The molecule has 0 fully saturated rings. The number of carbonyl (C=O) groups is 2. The monoisotopic (exact) mass is 348 g/mol. The molecule has 5 heteroatoms. The number of nitrogens with one attached hydrogen (secondary N) is 2. The minimum Gasteiger partial charge on any atom is -0.507 e. The third kappa shape index (κ3) is 5.21. The van der Waals surface area contributed by atoms with Gasteiger partial charge in [-0.15, -0.1) is 0 Å². The van der Waals surface area contributed by atoms with Crippen molar-refractivity contribution in [3.05, 3.63) is 28.8 Å². The molecule has 3 N–H and O–H groups in total. The van der Waals surface area contributed by atoms with Gasteiger partial charge in [0.2, 0.25) is 5.91 Å². The van der Waals surface area contributed by atoms with Crippen LogP contribution in [0.1, 0.15) is 76.9 Å². The molecular formula is C20H32N2O3. The average molecular weight is 348 g/mol. The van der Waals surface area contributed by atoms with E-state index >= 15 is 0 Å². The highest BCUT2D eigenvalue weighted by Crippen LogP contribution is 2.39. The maximum atomic E-state index is 12.7. The van der Waals surface area contributed by atoms with E-state index in [1.807, 2.05) is 48.5 Å². The smallest absolute Gasteiger partial charge is 0.251 e. The van der Waals surface area contributed by atoms with Crippen molar-refractivity contribution in [1.29, 1.82) is 0 Å². The lowest BCUT2D eigenvalue weighted by atomic mass is 9.78. The number of likely N-dealkylation sites (N-methyl/N-ethyl adjacent to an activating group) is 1. The molecule has 0 unspecified atom stereocenters. The lowest BCUT2D eigenvalue weighted by Crippen LogP contribution is -2.44. The fourth-order valence-electron chi connectivity index (χ4n) is 2.58. The molecule has 0 bridgehead atoms. The number of phenols is 1. The van der Waals surface area contributed by atoms with Crippen molar-refractivity contribution >= 4 is 11.8 Å². The second-order valence-corrected chi connectivity index (χ2v) is 8.51. The molecule has 1 aromatic carbocycles. The molecule has 0 radical (unpaired) electrons. The summed E-state index contributed by atoms with van der Waals surface area (Å²) in [5, 5.41) is 16.1. The summed E-state index contributed by atoms with van der Waals surface area (Å²) in [6.07, 6.45) is 0. The van der Waals surface area contributed by atoms with Crippen LogP contribution in [0, 0.1) is 0 Å². The second-order valence-electron chi connectivity index (χ2n) is 8.51. The highest BCUT2D eigenvalue weighted by atomic mass is 16.3. The van der Waals surface area contributed by atoms with Crippen LogP contribution in [-0.2, 0) is 15.6 Å². The molecule has 0 heterocycles. The van der Waals surface area contributed by atoms with E-state index in [1.54, 1.807) is 19.1 Å². The first-order valence-corrected chi connectivity index (χ1v) is 8.75. The van der Waals surface area contributed by atoms with Gasteiger partial charge in [0.05, 0.1) is 0 Å². The van der Waals surface area contributed by atoms with E-state index in [2.05, 4.69) is 10.6 Å². The van der Waals surface area contributed by atoms with Crippen molar-refractivity contribution < 1.29 is 14.7 Å². The summed E-state index contributed by atoms with van der Waals surface area (Å²) in [5.74, 6) is -0.315. The van der Waals surface area contributed by atoms with Crippen LogP contribution in [-0.4, -0.2) is 29.5 Å². The fraction of sp³-hybridized carbons (Fsp3) is 0.600. The molecule has 1 atom stereocenters. The molecule has 1 rings (SSSR count). The zero-order valence-electron chi connectivity index (χ0n) is 16.7. The zero-order chi connectivity index (χ0) is 19.6. The zero-order valence-corrected chi connectivity index (χ0v) is 16.7. The van der Waals surface area contributed by atoms with Gasteiger partial charge in [-0.25, -0.2) is 0 Å². The highest BCUT2D eigenvalue weighted by Gasteiger charge is 2.28. The van der Waals surface area contributed by atoms with Crippen LogP contribution in [0.4, 0.5) is 0 Å². The topological polar surface area (TPSA) is 78.4 Å². The summed E-state index contributed by atoms with van der Waals surface area (Å²) >= 11 is 0. The van der Waals surface area contributed by atoms with Gasteiger partial charge in [-0.05, 0) is 36.8 Å². The van der Waals surface area contributed by atoms with Crippen molar-refractivity contribution in [2.24, 2.45) is 0 Å². The molecule has 2 amide bonds. The lowest BCUT2D eigenvalue weighted by Gasteiger charge is -2.28. The Morgan fingerprint density at radius 1 is 1.04 bits per heavy atom. The standard InChI is InChI=1S/C20H32N2O3/c1-9-21-17(24)12(2)22-18(25)13-10-14(19(3,4)5)16(23)15(11-13)20(6,7)8/h10-12,23H,9H2,1-8H3,(H,21,24)(H,22,25)/t12-/m0/s1. The number of phenolic OH excluding ortho intramolecular Hbond substituents is 1. The van der Waals surface area contributed by atoms with Gasteiger partial charge in [0.25, 0.3) is 5.91 Å². The molecule has 0 aromatic heterocycles. The third-order valence-electron chi connectivity index (χ3n) is 4.08. The largest absolute Gasteiger partial charge is 0.507 e. The Bertz CT molecular complexity index is 617. The van der Waals surface area contributed by atoms with E-state index < -0.39 is 6.04 Å². The molecule has 140 valence electrons. The van der Waals surface area contributed by atoms with E-state index in [-0.39, 0.29) is 28.4 Å². The fourth-order valence-corrected chi connectivity index (χ4v) is 2.58. The molecule has 0 aliphatic rings. The Morgan fingerprint density at radius 3 is 1.84 bits per heavy atom. The van der Waals surface area contributed by atoms with Crippen molar-refractivity contribution in [2.45, 2.75) is 72.3 Å². The maximum Gasteiger partial charge on any atom is 0.251 e. The molecule has 5 nitrogen and oxygen atoms in total. The summed E-state index contributed by atoms with van der Waals surface area (Å²) in [6.45, 7) is 16.0. The Balaban J connectivity index is 3.31. The number of amides is 2. The maximum absolute atomic E-state index is 12.7. The number of hydrogen-bond acceptors (Lipinski definition) is 3. The summed E-state index contributed by atoms with van der Waals surface area (Å²) in [7, 11) is 0. The van der Waals surface area contributed by atoms with Gasteiger partial charge < -0.3 is 15.7 Å². The number of rotatable bonds is 4. The molecule has 1 aromatic rings. The first-order chi connectivity index (χ1) is 11.3. The normalized spacial score (nSPS) is 13.3. The average Bonchev–Trinajstić information content (AvgIpc) is 2.44. The Morgan fingerprint density at radius 2 is 1.48 bits per heavy atom. The van der Waals surface area contributed by atoms with Gasteiger partial charge in [0.1, 0.15) is 11.8 Å². The molecule has 0 aliphatic heterocycles. The van der Waals surface area contributed by atoms with Crippen LogP contribution in [0.15, 0.2) is 12.1 Å². The first-order valence-electron chi connectivity index (χ1n) is 8.75. The molecule has 0 spiro atoms. The van der Waals surface area contributed by atoms with E-state index in [9.17, 15) is 14.7 Å². The third-order valence-corrected chi connectivity index (χ3v) is 4.08. The quantitative estimate of drug-likeness (QED) is 0.781. The van der Waals surface area contributed by atoms with Crippen molar-refractivity contribution in [3.8, 4) is 5.75 Å². The second kappa shape index (κ2) is 7.46. The van der Waals surface area contributed by atoms with Crippen molar-refractivity contribution in [1.82, 2.24) is 10.6 Å². The molecule has 0 aliphatic carbocycles. The van der Waals surface area contributed by atoms with Gasteiger partial charge in [-0.2, -0.15) is 0 Å². The predicted octanol–water partition coefficient (Wildman–Crippen LogP) is 3.24. The van der Waals surface area contributed by atoms with Crippen molar-refractivity contribution in [3.63, 3.8) is 0 Å². The van der Waals surface area contributed by atoms with E-state index in [0.717, 1.165) is 11.1 Å². The van der Waals surface area contributed by atoms with Crippen LogP contribution in [0.3, 0.4) is 0 Å². The molecule has 0 saturated heterocycles. The van der Waals surface area contributed by atoms with Crippen molar-refractivity contribution in [2.75, 3.05) is 6.54 Å². The number of hydrogen-bond donors (Lipinski definition) is 3. The first kappa shape index (κ1) is 21.0. The van der Waals surface area contributed by atoms with Crippen LogP contribution in [0.2, 0.25) is 0 Å². The lowest BCUT2D eigenvalue weighted by molar-refractivity contribution is -0.122. The van der Waals surface area contributed by atoms with Gasteiger partial charge in [0, 0.05) is 23.2 Å². The van der Waals surface area contributed by atoms with Crippen LogP contribution >= 0.6 is 0 Å². The van der Waals surface area contributed by atoms with Crippen LogP contribution < -0.4 is 10.6 Å². The Hall–Kier alpha value is -2.04. The molecule has 0 saturated carbocycles. The van der Waals surface area contributed by atoms with Gasteiger partial charge in [-0.3, -0.25) is 9.59 Å². The summed E-state index contributed by atoms with van der Waals surface area (Å²) in [6, 6.07) is 2.80. The number of benzene rings is 1. The van der Waals surface area contributed by atoms with E-state index in [0.29, 0.717) is 12.1 Å². The minimum atomic E-state index is -0.627. The minimum absolute atomic E-state index is 0.221. The van der Waals surface area contributed by atoms with Gasteiger partial charge >= 0.3 is 0 Å². The summed E-state index contributed by atoms with van der Waals surface area (Å²) < 4.78 is 0. The predicted molar refractivity (Wildman–Crippen MR) is 101 cm³/mol. The number of aromatic hydroxyl groups is 1. The molecular weight excluding hydrogens is 316 g/mol. The summed E-state index contributed by atoms with van der Waals surface area (Å²) in [4.78, 5) is 24.5. The Labute approximate surface area is 151 Å². The Kier molecular flexibility index (Phi) is 6.27. The van der Waals surface area contributed by atoms with Crippen LogP contribution in [0.5, 0.6) is 5.75 Å². The summed E-state index contributed by atoms with van der Waals surface area (Å²) in [5.41, 5.74) is 1.26. The van der Waals surface area contributed by atoms with Gasteiger partial charge in [-0.1, -0.05) is 41.5 Å². The van der Waals surface area contributed by atoms with Gasteiger partial charge in [0.15, 0.2) is 0 Å². The van der Waals surface area contributed by atoms with E-state index in [4.69, 9.17) is 0 Å². The SMILES string of the molecule is CCNC(=O)[C@H](C)NC(=O)c1cc(C(C)(C)C)c(O)c(C(C)(C)C)c1.